The molecule has 0 bridgehead atoms. The highest BCUT2D eigenvalue weighted by molar-refractivity contribution is 5.66. The van der Waals surface area contributed by atoms with Crippen molar-refractivity contribution < 1.29 is 19.8 Å². The van der Waals surface area contributed by atoms with Crippen LogP contribution in [0.2, 0.25) is 0 Å². The van der Waals surface area contributed by atoms with Gasteiger partial charge in [0.25, 0.3) is 0 Å². The van der Waals surface area contributed by atoms with Crippen LogP contribution in [0.1, 0.15) is 117 Å². The van der Waals surface area contributed by atoms with Gasteiger partial charge in [-0.25, -0.2) is 0 Å². The molecule has 2 unspecified atom stereocenters. The van der Waals surface area contributed by atoms with Crippen LogP contribution >= 0.6 is 0 Å². The second-order valence-corrected chi connectivity index (χ2v) is 9.20. The lowest BCUT2D eigenvalue weighted by Crippen LogP contribution is -2.44. The summed E-state index contributed by atoms with van der Waals surface area (Å²) in [6.45, 7) is 6.85. The van der Waals surface area contributed by atoms with Gasteiger partial charge in [-0.3, -0.25) is 4.79 Å². The van der Waals surface area contributed by atoms with Gasteiger partial charge in [0.15, 0.2) is 0 Å². The Kier molecular flexibility index (Phi) is 13.0. The highest BCUT2D eigenvalue weighted by Crippen LogP contribution is 2.32. The fourth-order valence-corrected chi connectivity index (χ4v) is 4.11. The van der Waals surface area contributed by atoms with Gasteiger partial charge in [-0.15, -0.1) is 0 Å². The van der Waals surface area contributed by atoms with E-state index in [-0.39, 0.29) is 11.8 Å². The largest absolute Gasteiger partial charge is 0.481 e. The van der Waals surface area contributed by atoms with E-state index >= 15 is 0 Å². The van der Waals surface area contributed by atoms with Crippen LogP contribution in [0, 0.1) is 5.92 Å². The van der Waals surface area contributed by atoms with Crippen LogP contribution in [0.25, 0.3) is 0 Å². The average Bonchev–Trinajstić information content (AvgIpc) is 2.92. The van der Waals surface area contributed by atoms with Gasteiger partial charge >= 0.3 is 5.97 Å². The number of carboxylic acids is 1. The molecule has 1 saturated heterocycles. The molecule has 1 aliphatic heterocycles. The number of rotatable bonds is 17. The minimum absolute atomic E-state index is 0.135. The first kappa shape index (κ1) is 25.4. The van der Waals surface area contributed by atoms with Crippen LogP contribution in [-0.2, 0) is 9.53 Å². The zero-order valence-electron chi connectivity index (χ0n) is 18.6. The molecule has 0 spiro atoms. The molecule has 166 valence electrons. The molecular weight excluding hydrogens is 354 g/mol. The maximum Gasteiger partial charge on any atom is 0.303 e. The second-order valence-electron chi connectivity index (χ2n) is 9.20. The molecule has 0 amide bonds. The van der Waals surface area contributed by atoms with Gasteiger partial charge in [-0.1, -0.05) is 77.6 Å². The van der Waals surface area contributed by atoms with Gasteiger partial charge in [0, 0.05) is 12.3 Å². The Balaban J connectivity index is 1.91. The van der Waals surface area contributed by atoms with E-state index in [9.17, 15) is 10.0 Å². The van der Waals surface area contributed by atoms with Crippen molar-refractivity contribution in [3.05, 3.63) is 0 Å². The Morgan fingerprint density at radius 3 is 1.82 bits per heavy atom. The normalized spacial score (nSPS) is 20.5. The molecule has 5 heteroatoms. The third-order valence-corrected chi connectivity index (χ3v) is 6.11. The predicted molar refractivity (Wildman–Crippen MR) is 113 cm³/mol. The Morgan fingerprint density at radius 1 is 0.964 bits per heavy atom. The summed E-state index contributed by atoms with van der Waals surface area (Å²) in [4.78, 5) is 10.4. The van der Waals surface area contributed by atoms with E-state index in [1.54, 1.807) is 0 Å². The van der Waals surface area contributed by atoms with Crippen LogP contribution in [-0.4, -0.2) is 39.7 Å². The van der Waals surface area contributed by atoms with Crippen molar-refractivity contribution in [1.82, 2.24) is 5.06 Å². The first-order chi connectivity index (χ1) is 13.4. The lowest BCUT2D eigenvalue weighted by molar-refractivity contribution is -0.208. The van der Waals surface area contributed by atoms with Crippen molar-refractivity contribution in [3.8, 4) is 0 Å². The number of hydroxylamine groups is 2. The second kappa shape index (κ2) is 14.4. The van der Waals surface area contributed by atoms with E-state index in [1.165, 1.54) is 69.3 Å². The van der Waals surface area contributed by atoms with Crippen LogP contribution < -0.4 is 0 Å². The standard InChI is InChI=1S/C23H45NO4/c1-4-20(22-24(27)23(2,3)19-28-22)17-15-13-11-9-7-5-6-8-10-12-14-16-18-21(25)26/h20,22,27H,4-19H2,1-3H3,(H,25,26). The highest BCUT2D eigenvalue weighted by Gasteiger charge is 2.42. The summed E-state index contributed by atoms with van der Waals surface area (Å²) in [6, 6.07) is 0. The van der Waals surface area contributed by atoms with Gasteiger partial charge in [0.1, 0.15) is 6.23 Å². The maximum atomic E-state index is 10.4. The molecule has 0 aromatic heterocycles. The number of carboxylic acid groups (broad SMARTS) is 1. The summed E-state index contributed by atoms with van der Waals surface area (Å²) in [5.74, 6) is -0.251. The Morgan fingerprint density at radius 2 is 1.43 bits per heavy atom. The van der Waals surface area contributed by atoms with Crippen LogP contribution in [0.3, 0.4) is 0 Å². The van der Waals surface area contributed by atoms with Gasteiger partial charge < -0.3 is 15.1 Å². The van der Waals surface area contributed by atoms with E-state index in [2.05, 4.69) is 6.92 Å². The van der Waals surface area contributed by atoms with Gasteiger partial charge in [0.05, 0.1) is 12.1 Å². The summed E-state index contributed by atoms with van der Waals surface area (Å²) < 4.78 is 5.86. The summed E-state index contributed by atoms with van der Waals surface area (Å²) >= 11 is 0. The molecule has 0 aromatic carbocycles. The average molecular weight is 400 g/mol. The van der Waals surface area contributed by atoms with Crippen LogP contribution in [0.4, 0.5) is 0 Å². The number of carbonyl (C=O) groups is 1. The molecule has 1 heterocycles. The minimum Gasteiger partial charge on any atom is -0.481 e. The zero-order chi connectivity index (χ0) is 20.8. The van der Waals surface area contributed by atoms with Crippen molar-refractivity contribution in [1.29, 1.82) is 0 Å². The van der Waals surface area contributed by atoms with E-state index in [4.69, 9.17) is 9.84 Å². The molecule has 0 aromatic rings. The van der Waals surface area contributed by atoms with Gasteiger partial charge in [0.2, 0.25) is 0 Å². The van der Waals surface area contributed by atoms with E-state index in [0.717, 1.165) is 25.7 Å². The minimum atomic E-state index is -0.670. The number of ether oxygens (including phenoxy) is 1. The Hall–Kier alpha value is -0.650. The van der Waals surface area contributed by atoms with E-state index < -0.39 is 5.97 Å². The third kappa shape index (κ3) is 10.2. The summed E-state index contributed by atoms with van der Waals surface area (Å²) in [5, 5.41) is 20.4. The molecule has 28 heavy (non-hydrogen) atoms. The van der Waals surface area contributed by atoms with E-state index in [1.807, 2.05) is 13.8 Å². The van der Waals surface area contributed by atoms with Crippen molar-refractivity contribution in [2.24, 2.45) is 5.92 Å². The van der Waals surface area contributed by atoms with Crippen LogP contribution in [0.15, 0.2) is 0 Å². The summed E-state index contributed by atoms with van der Waals surface area (Å²) in [7, 11) is 0. The smallest absolute Gasteiger partial charge is 0.303 e. The topological polar surface area (TPSA) is 70.0 Å². The first-order valence-electron chi connectivity index (χ1n) is 11.7. The summed E-state index contributed by atoms with van der Waals surface area (Å²) in [5.41, 5.74) is -0.267. The molecule has 2 N–H and O–H groups in total. The number of hydrogen-bond acceptors (Lipinski definition) is 4. The fraction of sp³-hybridized carbons (Fsp3) is 0.957. The molecule has 2 atom stereocenters. The quantitative estimate of drug-likeness (QED) is 0.277. The van der Waals surface area contributed by atoms with Crippen LogP contribution in [0.5, 0.6) is 0 Å². The number of nitrogens with zero attached hydrogens (tertiary/aromatic N) is 1. The molecule has 0 radical (unpaired) electrons. The molecule has 5 nitrogen and oxygen atoms in total. The van der Waals surface area contributed by atoms with Gasteiger partial charge in [-0.2, -0.15) is 5.06 Å². The number of hydrogen-bond donors (Lipinski definition) is 2. The monoisotopic (exact) mass is 399 g/mol. The lowest BCUT2D eigenvalue weighted by Gasteiger charge is -2.31. The first-order valence-corrected chi connectivity index (χ1v) is 11.7. The van der Waals surface area contributed by atoms with Crippen molar-refractivity contribution in [2.45, 2.75) is 129 Å². The molecule has 0 aliphatic carbocycles. The summed E-state index contributed by atoms with van der Waals surface area (Å²) in [6.07, 6.45) is 17.1. The molecular formula is C23H45NO4. The zero-order valence-corrected chi connectivity index (χ0v) is 18.6. The van der Waals surface area contributed by atoms with Crippen molar-refractivity contribution in [2.75, 3.05) is 6.61 Å². The molecule has 1 aliphatic rings. The number of aliphatic carboxylic acids is 1. The van der Waals surface area contributed by atoms with Crippen molar-refractivity contribution >= 4 is 5.97 Å². The van der Waals surface area contributed by atoms with Crippen molar-refractivity contribution in [3.63, 3.8) is 0 Å². The fourth-order valence-electron chi connectivity index (χ4n) is 4.11. The maximum absolute atomic E-state index is 10.4. The van der Waals surface area contributed by atoms with Gasteiger partial charge in [-0.05, 0) is 33.1 Å². The van der Waals surface area contributed by atoms with E-state index in [0.29, 0.717) is 18.9 Å². The molecule has 1 rings (SSSR count). The molecule has 0 saturated carbocycles. The lowest BCUT2D eigenvalue weighted by atomic mass is 9.95. The Labute approximate surface area is 172 Å². The SMILES string of the molecule is CCC(CCCCCCCCCCCCCCC(=O)O)C1OCC(C)(C)N1O. The number of unbranched alkanes of at least 4 members (excludes halogenated alkanes) is 11. The molecule has 1 fully saturated rings. The third-order valence-electron chi connectivity index (χ3n) is 6.11. The Bertz CT molecular complexity index is 413. The highest BCUT2D eigenvalue weighted by atomic mass is 16.6. The predicted octanol–water partition coefficient (Wildman–Crippen LogP) is 6.38.